The van der Waals surface area contributed by atoms with Gasteiger partial charge in [0.05, 0.1) is 11.1 Å². The minimum Gasteiger partial charge on any atom is -0.488 e. The summed E-state index contributed by atoms with van der Waals surface area (Å²) in [4.78, 5) is 74.8. The zero-order chi connectivity index (χ0) is 43.2. The number of benzene rings is 3. The van der Waals surface area contributed by atoms with Crippen molar-refractivity contribution in [2.24, 2.45) is 28.6 Å². The number of nitrogens with zero attached hydrogens (tertiary/aromatic N) is 5. The molecular weight excluding hydrogens is 785 g/mol. The molecule has 2 saturated carbocycles. The number of fused-ring (bicyclic) bond motifs is 3. The molecule has 5 fully saturated rings. The number of amides is 4. The molecule has 3 N–H and O–H groups in total. The standard InChI is InChI=1S/C48H52N8O6/c1-47(2)45(48(3,4)46(47)62-38-14-7-28(22-49)41-33(38)12-15-39(57)50-41)52-42(59)27-5-8-30(9-6-27)55-25-35-34(36(35)26-55)24-53-17-19-54(20-18-53)31-10-11-32-29(21-31)23-56(44(32)61)37-13-16-40(58)51-43(37)60/h5-12,14-15,21,34-37,45-46H,13,16-20,23-26H2,1-4H3,(H,50,57)(H,52,59)(H,51,58,60)/t34?,35-,36+,37?,45?,46?. The number of nitrogens with one attached hydrogen (secondary N) is 3. The normalized spacial score (nSPS) is 27.3. The Kier molecular flexibility index (Phi) is 9.48. The van der Waals surface area contributed by atoms with E-state index in [4.69, 9.17) is 4.74 Å². The summed E-state index contributed by atoms with van der Waals surface area (Å²) < 4.78 is 6.63. The van der Waals surface area contributed by atoms with Gasteiger partial charge in [-0.05, 0) is 90.4 Å². The second-order valence-electron chi connectivity index (χ2n) is 19.4. The molecule has 5 heterocycles. The number of carbonyl (C=O) groups excluding carboxylic acids is 4. The summed E-state index contributed by atoms with van der Waals surface area (Å²) in [5.41, 5.74) is 4.19. The lowest BCUT2D eigenvalue weighted by Gasteiger charge is -2.63. The van der Waals surface area contributed by atoms with E-state index in [0.717, 1.165) is 62.8 Å². The molecule has 320 valence electrons. The van der Waals surface area contributed by atoms with Crippen LogP contribution in [0, 0.1) is 39.9 Å². The maximum atomic E-state index is 13.7. The summed E-state index contributed by atoms with van der Waals surface area (Å²) in [5, 5.41) is 15.9. The summed E-state index contributed by atoms with van der Waals surface area (Å²) in [7, 11) is 0. The van der Waals surface area contributed by atoms with Crippen molar-refractivity contribution in [1.29, 1.82) is 5.26 Å². The first-order valence-electron chi connectivity index (χ1n) is 21.8. The van der Waals surface area contributed by atoms with Crippen molar-refractivity contribution in [2.45, 2.75) is 65.3 Å². The topological polar surface area (TPSA) is 171 Å². The summed E-state index contributed by atoms with van der Waals surface area (Å²) in [6.45, 7) is 15.8. The van der Waals surface area contributed by atoms with Crippen molar-refractivity contribution in [3.05, 3.63) is 99.3 Å². The van der Waals surface area contributed by atoms with Crippen LogP contribution in [0.25, 0.3) is 10.9 Å². The number of aromatic amines is 1. The van der Waals surface area contributed by atoms with Crippen LogP contribution in [0.3, 0.4) is 0 Å². The molecule has 4 aromatic rings. The number of pyridine rings is 1. The summed E-state index contributed by atoms with van der Waals surface area (Å²) in [6, 6.07) is 21.9. The predicted molar refractivity (Wildman–Crippen MR) is 233 cm³/mol. The van der Waals surface area contributed by atoms with Gasteiger partial charge in [0.1, 0.15) is 24.0 Å². The number of piperidine rings is 2. The lowest BCUT2D eigenvalue weighted by atomic mass is 9.49. The molecule has 2 aliphatic carbocycles. The number of piperazine rings is 1. The fraction of sp³-hybridized carbons (Fsp3) is 0.458. The first-order chi connectivity index (χ1) is 29.7. The van der Waals surface area contributed by atoms with Crippen LogP contribution in [0.1, 0.15) is 72.4 Å². The Morgan fingerprint density at radius 2 is 1.58 bits per heavy atom. The number of nitriles is 1. The molecule has 4 atom stereocenters. The Morgan fingerprint density at radius 1 is 0.871 bits per heavy atom. The summed E-state index contributed by atoms with van der Waals surface area (Å²) >= 11 is 0. The van der Waals surface area contributed by atoms with Crippen LogP contribution in [-0.2, 0) is 16.1 Å². The highest BCUT2D eigenvalue weighted by Gasteiger charge is 2.64. The molecule has 0 radical (unpaired) electrons. The molecule has 2 unspecified atom stereocenters. The van der Waals surface area contributed by atoms with Gasteiger partial charge in [-0.1, -0.05) is 27.7 Å². The van der Waals surface area contributed by atoms with Crippen LogP contribution in [0.2, 0.25) is 0 Å². The number of aromatic nitrogens is 1. The highest BCUT2D eigenvalue weighted by molar-refractivity contribution is 6.05. The average Bonchev–Trinajstić information content (AvgIpc) is 3.52. The van der Waals surface area contributed by atoms with E-state index in [1.807, 2.05) is 24.3 Å². The largest absolute Gasteiger partial charge is 0.488 e. The van der Waals surface area contributed by atoms with E-state index in [9.17, 15) is 29.2 Å². The molecule has 3 aromatic carbocycles. The minimum absolute atomic E-state index is 0.116. The monoisotopic (exact) mass is 836 g/mol. The Bertz CT molecular complexity index is 2600. The van der Waals surface area contributed by atoms with Gasteiger partial charge in [-0.15, -0.1) is 0 Å². The third-order valence-corrected chi connectivity index (χ3v) is 14.9. The van der Waals surface area contributed by atoms with Gasteiger partial charge in [0.2, 0.25) is 17.4 Å². The minimum atomic E-state index is -0.606. The van der Waals surface area contributed by atoms with E-state index >= 15 is 0 Å². The van der Waals surface area contributed by atoms with Gasteiger partial charge in [0.15, 0.2) is 0 Å². The fourth-order valence-corrected chi connectivity index (χ4v) is 11.8. The van der Waals surface area contributed by atoms with Crippen molar-refractivity contribution in [2.75, 3.05) is 55.6 Å². The zero-order valence-electron chi connectivity index (χ0n) is 35.6. The first-order valence-corrected chi connectivity index (χ1v) is 21.8. The van der Waals surface area contributed by atoms with E-state index in [-0.39, 0.29) is 47.8 Å². The lowest BCUT2D eigenvalue weighted by Crippen LogP contribution is -2.74. The molecule has 0 bridgehead atoms. The van der Waals surface area contributed by atoms with Gasteiger partial charge >= 0.3 is 0 Å². The number of anilines is 2. The highest BCUT2D eigenvalue weighted by Crippen LogP contribution is 2.56. The summed E-state index contributed by atoms with van der Waals surface area (Å²) in [5.74, 6) is 1.72. The molecular formula is C48H52N8O6. The zero-order valence-corrected chi connectivity index (χ0v) is 35.6. The second kappa shape index (κ2) is 14.7. The Labute approximate surface area is 360 Å². The number of hydrogen-bond acceptors (Lipinski definition) is 10. The van der Waals surface area contributed by atoms with E-state index in [0.29, 0.717) is 64.1 Å². The van der Waals surface area contributed by atoms with E-state index < -0.39 is 16.9 Å². The molecule has 14 nitrogen and oxygen atoms in total. The molecule has 10 rings (SSSR count). The van der Waals surface area contributed by atoms with Crippen LogP contribution in [0.15, 0.2) is 71.5 Å². The fourth-order valence-electron chi connectivity index (χ4n) is 11.8. The molecule has 62 heavy (non-hydrogen) atoms. The van der Waals surface area contributed by atoms with E-state index in [1.54, 1.807) is 23.1 Å². The van der Waals surface area contributed by atoms with Gasteiger partial charge in [0, 0.05) is 110 Å². The number of carbonyl (C=O) groups is 4. The second-order valence-corrected chi connectivity index (χ2v) is 19.4. The number of H-pyrrole nitrogens is 1. The third-order valence-electron chi connectivity index (χ3n) is 14.9. The smallest absolute Gasteiger partial charge is 0.255 e. The Hall–Kier alpha value is -6.20. The van der Waals surface area contributed by atoms with Gasteiger partial charge in [0.25, 0.3) is 11.8 Å². The van der Waals surface area contributed by atoms with Gasteiger partial charge < -0.3 is 29.7 Å². The average molecular weight is 837 g/mol. The van der Waals surface area contributed by atoms with Crippen LogP contribution in [0.5, 0.6) is 5.75 Å². The maximum absolute atomic E-state index is 13.7. The number of rotatable bonds is 9. The molecule has 3 saturated heterocycles. The van der Waals surface area contributed by atoms with Crippen molar-refractivity contribution >= 4 is 45.9 Å². The highest BCUT2D eigenvalue weighted by atomic mass is 16.5. The summed E-state index contributed by atoms with van der Waals surface area (Å²) in [6.07, 6.45) is 0.367. The quantitative estimate of drug-likeness (QED) is 0.207. The first kappa shape index (κ1) is 39.9. The van der Waals surface area contributed by atoms with Crippen molar-refractivity contribution in [1.82, 2.24) is 25.4 Å². The molecule has 4 aliphatic heterocycles. The molecule has 6 aliphatic rings. The SMILES string of the molecule is CC1(C)C(NC(=O)c2ccc(N3C[C@@H]4C(CN5CCN(c6ccc7c(c6)CN(C6CCC(=O)NC6=O)C7=O)CC5)[C@@H]4C3)cc2)C(C)(C)C1Oc1ccc(C#N)c2[nH]c(=O)ccc12. The maximum Gasteiger partial charge on any atom is 0.255 e. The Balaban J connectivity index is 0.691. The van der Waals surface area contributed by atoms with Crippen molar-refractivity contribution < 1.29 is 23.9 Å². The molecule has 4 amide bonds. The molecule has 14 heteroatoms. The van der Waals surface area contributed by atoms with Gasteiger partial charge in [-0.2, -0.15) is 5.26 Å². The van der Waals surface area contributed by atoms with Crippen LogP contribution < -0.4 is 30.7 Å². The van der Waals surface area contributed by atoms with Crippen LogP contribution >= 0.6 is 0 Å². The molecule has 0 spiro atoms. The number of hydrogen-bond donors (Lipinski definition) is 3. The van der Waals surface area contributed by atoms with Crippen molar-refractivity contribution in [3.8, 4) is 11.8 Å². The number of imide groups is 1. The van der Waals surface area contributed by atoms with Crippen LogP contribution in [0.4, 0.5) is 11.4 Å². The Morgan fingerprint density at radius 3 is 2.27 bits per heavy atom. The van der Waals surface area contributed by atoms with Crippen LogP contribution in [-0.4, -0.2) is 102 Å². The molecule has 1 aromatic heterocycles. The third kappa shape index (κ3) is 6.68. The van der Waals surface area contributed by atoms with E-state index in [1.165, 1.54) is 6.07 Å². The van der Waals surface area contributed by atoms with Crippen molar-refractivity contribution in [3.63, 3.8) is 0 Å². The lowest BCUT2D eigenvalue weighted by molar-refractivity contribution is -0.163. The predicted octanol–water partition coefficient (Wildman–Crippen LogP) is 4.28. The van der Waals surface area contributed by atoms with Gasteiger partial charge in [-0.3, -0.25) is 34.2 Å². The number of ether oxygens (including phenoxy) is 1. The van der Waals surface area contributed by atoms with Gasteiger partial charge in [-0.25, -0.2) is 0 Å². The van der Waals surface area contributed by atoms with E-state index in [2.05, 4.69) is 82.3 Å².